The number of ether oxygens (including phenoxy) is 1. The highest BCUT2D eigenvalue weighted by Crippen LogP contribution is 2.29. The first-order valence-corrected chi connectivity index (χ1v) is 11.1. The third-order valence-corrected chi connectivity index (χ3v) is 5.78. The number of hydrogen-bond donors (Lipinski definition) is 1. The van der Waals surface area contributed by atoms with Gasteiger partial charge in [-0.25, -0.2) is 8.78 Å². The first-order chi connectivity index (χ1) is 16.4. The number of aromatic nitrogens is 1. The third kappa shape index (κ3) is 5.46. The average molecular weight is 481 g/mol. The summed E-state index contributed by atoms with van der Waals surface area (Å²) in [5.74, 6) is -0.603. The van der Waals surface area contributed by atoms with Crippen molar-refractivity contribution in [2.45, 2.75) is 19.4 Å². The second kappa shape index (κ2) is 10.5. The zero-order valence-corrected chi connectivity index (χ0v) is 19.3. The van der Waals surface area contributed by atoms with Crippen LogP contribution < -0.4 is 10.1 Å². The predicted octanol–water partition coefficient (Wildman–Crippen LogP) is 6.33. The molecular weight excluding hydrogens is 458 g/mol. The van der Waals surface area contributed by atoms with Crippen molar-refractivity contribution in [1.29, 1.82) is 0 Å². The second-order valence-electron chi connectivity index (χ2n) is 7.76. The topological polar surface area (TPSA) is 43.3 Å². The molecule has 4 rings (SSSR count). The minimum atomic E-state index is -0.553. The number of amides is 1. The number of rotatable bonds is 8. The summed E-state index contributed by atoms with van der Waals surface area (Å²) in [7, 11) is 1.61. The van der Waals surface area contributed by atoms with E-state index in [1.807, 2.05) is 60.7 Å². The fourth-order valence-corrected chi connectivity index (χ4v) is 3.88. The Morgan fingerprint density at radius 1 is 0.971 bits per heavy atom. The Balaban J connectivity index is 1.54. The van der Waals surface area contributed by atoms with Gasteiger partial charge in [0.2, 0.25) is 5.91 Å². The van der Waals surface area contributed by atoms with E-state index in [9.17, 15) is 13.6 Å². The molecule has 0 aliphatic carbocycles. The fourth-order valence-electron chi connectivity index (χ4n) is 3.76. The van der Waals surface area contributed by atoms with Gasteiger partial charge in [0.15, 0.2) is 0 Å². The summed E-state index contributed by atoms with van der Waals surface area (Å²) < 4.78 is 34.5. The van der Waals surface area contributed by atoms with Crippen molar-refractivity contribution in [3.05, 3.63) is 107 Å². The molecule has 0 fully saturated rings. The van der Waals surface area contributed by atoms with Gasteiger partial charge in [0, 0.05) is 34.9 Å². The van der Waals surface area contributed by atoms with E-state index in [1.54, 1.807) is 7.11 Å². The van der Waals surface area contributed by atoms with Crippen LogP contribution in [0.4, 0.5) is 8.78 Å². The molecule has 4 aromatic rings. The number of nitrogens with zero attached hydrogens (tertiary/aromatic N) is 1. The second-order valence-corrected chi connectivity index (χ2v) is 8.20. The van der Waals surface area contributed by atoms with E-state index >= 15 is 0 Å². The lowest BCUT2D eigenvalue weighted by Gasteiger charge is -2.15. The zero-order chi connectivity index (χ0) is 24.1. The molecule has 0 spiro atoms. The van der Waals surface area contributed by atoms with Gasteiger partial charge in [0.05, 0.1) is 12.8 Å². The summed E-state index contributed by atoms with van der Waals surface area (Å²) in [5.41, 5.74) is 3.91. The minimum Gasteiger partial charge on any atom is -0.497 e. The van der Waals surface area contributed by atoms with E-state index in [-0.39, 0.29) is 24.4 Å². The molecule has 7 heteroatoms. The van der Waals surface area contributed by atoms with Crippen LogP contribution >= 0.6 is 11.6 Å². The first-order valence-electron chi connectivity index (χ1n) is 10.8. The van der Waals surface area contributed by atoms with Gasteiger partial charge < -0.3 is 14.6 Å². The molecule has 0 bridgehead atoms. The Hall–Kier alpha value is -3.64. The van der Waals surface area contributed by atoms with Crippen molar-refractivity contribution in [2.24, 2.45) is 0 Å². The quantitative estimate of drug-likeness (QED) is 0.320. The van der Waals surface area contributed by atoms with Crippen LogP contribution in [0.15, 0.2) is 78.9 Å². The number of carbonyl (C=O) groups excluding carboxylic acids is 1. The summed E-state index contributed by atoms with van der Waals surface area (Å²) in [4.78, 5) is 12.5. The molecule has 34 heavy (non-hydrogen) atoms. The van der Waals surface area contributed by atoms with E-state index in [2.05, 4.69) is 9.88 Å². The third-order valence-electron chi connectivity index (χ3n) is 5.52. The van der Waals surface area contributed by atoms with Crippen LogP contribution in [0.3, 0.4) is 0 Å². The van der Waals surface area contributed by atoms with Gasteiger partial charge in [0.25, 0.3) is 0 Å². The van der Waals surface area contributed by atoms with Crippen LogP contribution in [0.2, 0.25) is 5.02 Å². The van der Waals surface area contributed by atoms with Gasteiger partial charge in [-0.05, 0) is 78.7 Å². The number of hydrogen-bond acceptors (Lipinski definition) is 2. The molecule has 0 aliphatic rings. The molecule has 0 unspecified atom stereocenters. The van der Waals surface area contributed by atoms with Gasteiger partial charge in [-0.1, -0.05) is 23.7 Å². The van der Waals surface area contributed by atoms with Crippen molar-refractivity contribution >= 4 is 17.5 Å². The van der Waals surface area contributed by atoms with Crippen molar-refractivity contribution in [1.82, 2.24) is 9.88 Å². The van der Waals surface area contributed by atoms with E-state index < -0.39 is 11.6 Å². The van der Waals surface area contributed by atoms with E-state index in [0.717, 1.165) is 46.6 Å². The molecule has 174 valence electrons. The number of benzene rings is 3. The van der Waals surface area contributed by atoms with Crippen LogP contribution in [0, 0.1) is 11.6 Å². The smallest absolute Gasteiger partial charge is 0.220 e. The SMILES string of the molecule is COc1ccc(-n2c(CCC(=O)NCc3cc(F)ccc3F)ccc2-c2ccc(Cl)cc2)cc1. The van der Waals surface area contributed by atoms with E-state index in [4.69, 9.17) is 16.3 Å². The van der Waals surface area contributed by atoms with Crippen LogP contribution in [0.25, 0.3) is 16.9 Å². The van der Waals surface area contributed by atoms with Crippen LogP contribution in [-0.2, 0) is 17.8 Å². The largest absolute Gasteiger partial charge is 0.497 e. The molecule has 1 N–H and O–H groups in total. The first kappa shape index (κ1) is 23.5. The average Bonchev–Trinajstić information content (AvgIpc) is 3.27. The lowest BCUT2D eigenvalue weighted by Crippen LogP contribution is -2.24. The van der Waals surface area contributed by atoms with Crippen molar-refractivity contribution in [3.8, 4) is 22.7 Å². The van der Waals surface area contributed by atoms with Crippen molar-refractivity contribution in [3.63, 3.8) is 0 Å². The maximum absolute atomic E-state index is 13.8. The molecule has 0 saturated heterocycles. The number of halogens is 3. The Morgan fingerprint density at radius 2 is 1.71 bits per heavy atom. The Bertz CT molecular complexity index is 1290. The molecule has 4 nitrogen and oxygen atoms in total. The predicted molar refractivity (Wildman–Crippen MR) is 129 cm³/mol. The maximum atomic E-state index is 13.8. The highest BCUT2D eigenvalue weighted by atomic mass is 35.5. The van der Waals surface area contributed by atoms with E-state index in [0.29, 0.717) is 11.4 Å². The summed E-state index contributed by atoms with van der Waals surface area (Å²) in [5, 5.41) is 3.32. The highest BCUT2D eigenvalue weighted by molar-refractivity contribution is 6.30. The Labute approximate surface area is 201 Å². The highest BCUT2D eigenvalue weighted by Gasteiger charge is 2.14. The molecule has 1 amide bonds. The minimum absolute atomic E-state index is 0.0715. The van der Waals surface area contributed by atoms with Crippen molar-refractivity contribution < 1.29 is 18.3 Å². The van der Waals surface area contributed by atoms with E-state index in [1.165, 1.54) is 0 Å². The number of aryl methyl sites for hydroxylation is 1. The summed E-state index contributed by atoms with van der Waals surface area (Å²) in [6, 6.07) is 22.4. The number of nitrogens with one attached hydrogen (secondary N) is 1. The zero-order valence-electron chi connectivity index (χ0n) is 18.5. The molecule has 0 aliphatic heterocycles. The Kier molecular flexibility index (Phi) is 7.28. The summed E-state index contributed by atoms with van der Waals surface area (Å²) >= 11 is 6.06. The van der Waals surface area contributed by atoms with Gasteiger partial charge in [0.1, 0.15) is 17.4 Å². The lowest BCUT2D eigenvalue weighted by molar-refractivity contribution is -0.121. The number of methoxy groups -OCH3 is 1. The Morgan fingerprint density at radius 3 is 2.41 bits per heavy atom. The fraction of sp³-hybridized carbons (Fsp3) is 0.148. The number of carbonyl (C=O) groups is 1. The molecule has 0 saturated carbocycles. The maximum Gasteiger partial charge on any atom is 0.220 e. The molecule has 3 aromatic carbocycles. The van der Waals surface area contributed by atoms with Crippen LogP contribution in [0.1, 0.15) is 17.7 Å². The molecule has 0 atom stereocenters. The molecular formula is C27H23ClF2N2O2. The van der Waals surface area contributed by atoms with Gasteiger partial charge >= 0.3 is 0 Å². The molecule has 0 radical (unpaired) electrons. The monoisotopic (exact) mass is 480 g/mol. The molecule has 1 aromatic heterocycles. The summed E-state index contributed by atoms with van der Waals surface area (Å²) in [6.45, 7) is -0.0715. The van der Waals surface area contributed by atoms with Gasteiger partial charge in [-0.3, -0.25) is 4.79 Å². The van der Waals surface area contributed by atoms with Crippen LogP contribution in [-0.4, -0.2) is 17.6 Å². The lowest BCUT2D eigenvalue weighted by atomic mass is 10.1. The van der Waals surface area contributed by atoms with Gasteiger partial charge in [-0.15, -0.1) is 0 Å². The van der Waals surface area contributed by atoms with Crippen molar-refractivity contribution in [2.75, 3.05) is 7.11 Å². The normalized spacial score (nSPS) is 10.8. The standard InChI is InChI=1S/C27H23ClF2N2O2/c1-34-24-11-7-22(8-12-24)32-23(9-14-26(32)18-2-4-20(28)5-3-18)10-15-27(33)31-17-19-16-21(29)6-13-25(19)30/h2-9,11-14,16H,10,15,17H2,1H3,(H,31,33). The molecule has 1 heterocycles. The summed E-state index contributed by atoms with van der Waals surface area (Å²) in [6.07, 6.45) is 0.647. The van der Waals surface area contributed by atoms with Gasteiger partial charge in [-0.2, -0.15) is 0 Å². The van der Waals surface area contributed by atoms with Crippen LogP contribution in [0.5, 0.6) is 5.75 Å².